The predicted octanol–water partition coefficient (Wildman–Crippen LogP) is 3.42. The molecule has 2 N–H and O–H groups in total. The van der Waals surface area contributed by atoms with Crippen LogP contribution in [-0.4, -0.2) is 18.3 Å². The average Bonchev–Trinajstić information content (AvgIpc) is 2.50. The van der Waals surface area contributed by atoms with Gasteiger partial charge in [0.05, 0.1) is 18.8 Å². The molecule has 1 aliphatic heterocycles. The van der Waals surface area contributed by atoms with Crippen LogP contribution in [0.5, 0.6) is 5.75 Å². The quantitative estimate of drug-likeness (QED) is 0.910. The van der Waals surface area contributed by atoms with Crippen LogP contribution in [0.2, 0.25) is 5.02 Å². The Morgan fingerprint density at radius 1 is 1.15 bits per heavy atom. The first-order valence-electron chi connectivity index (χ1n) is 6.60. The fourth-order valence-electron chi connectivity index (χ4n) is 2.60. The second-order valence-corrected chi connectivity index (χ2v) is 5.40. The molecule has 0 amide bonds. The van der Waals surface area contributed by atoms with Gasteiger partial charge < -0.3 is 15.2 Å². The molecular weight excluding hydrogens is 274 g/mol. The van der Waals surface area contributed by atoms with E-state index in [-0.39, 0.29) is 6.61 Å². The van der Waals surface area contributed by atoms with Gasteiger partial charge in [0.1, 0.15) is 5.75 Å². The van der Waals surface area contributed by atoms with E-state index in [1.165, 1.54) is 0 Å². The Hall–Kier alpha value is -1.71. The van der Waals surface area contributed by atoms with Crippen molar-refractivity contribution in [2.45, 2.75) is 12.0 Å². The maximum absolute atomic E-state index is 9.96. The van der Waals surface area contributed by atoms with E-state index >= 15 is 0 Å². The van der Waals surface area contributed by atoms with Crippen molar-refractivity contribution in [1.82, 2.24) is 0 Å². The van der Waals surface area contributed by atoms with Gasteiger partial charge in [-0.3, -0.25) is 0 Å². The van der Waals surface area contributed by atoms with E-state index in [1.807, 2.05) is 48.5 Å². The molecule has 1 atom stereocenters. The molecule has 1 aliphatic rings. The largest absolute Gasteiger partial charge is 0.493 e. The number of fused-ring (bicyclic) bond motifs is 1. The lowest BCUT2D eigenvalue weighted by molar-refractivity contribution is 0.152. The lowest BCUT2D eigenvalue weighted by atomic mass is 9.85. The zero-order chi connectivity index (χ0) is 14.0. The highest BCUT2D eigenvalue weighted by Crippen LogP contribution is 2.39. The van der Waals surface area contributed by atoms with Crippen LogP contribution in [0.15, 0.2) is 48.5 Å². The molecular formula is C16H16ClNO2. The van der Waals surface area contributed by atoms with Crippen molar-refractivity contribution >= 4 is 17.3 Å². The highest BCUT2D eigenvalue weighted by atomic mass is 35.5. The summed E-state index contributed by atoms with van der Waals surface area (Å²) in [7, 11) is 0. The van der Waals surface area contributed by atoms with Gasteiger partial charge >= 0.3 is 0 Å². The number of ether oxygens (including phenoxy) is 1. The molecule has 3 rings (SSSR count). The molecule has 0 radical (unpaired) electrons. The van der Waals surface area contributed by atoms with E-state index < -0.39 is 5.54 Å². The lowest BCUT2D eigenvalue weighted by Gasteiger charge is -2.39. The van der Waals surface area contributed by atoms with E-state index in [2.05, 4.69) is 5.32 Å². The van der Waals surface area contributed by atoms with Crippen molar-refractivity contribution in [2.24, 2.45) is 0 Å². The minimum Gasteiger partial charge on any atom is -0.493 e. The lowest BCUT2D eigenvalue weighted by Crippen LogP contribution is -2.43. The van der Waals surface area contributed by atoms with E-state index in [0.29, 0.717) is 18.1 Å². The number of aliphatic hydroxyl groups excluding tert-OH is 1. The van der Waals surface area contributed by atoms with E-state index in [0.717, 1.165) is 17.0 Å². The molecule has 1 unspecified atom stereocenters. The Morgan fingerprint density at radius 3 is 2.65 bits per heavy atom. The number of benzene rings is 2. The molecule has 2 aromatic rings. The molecule has 4 heteroatoms. The molecule has 104 valence electrons. The summed E-state index contributed by atoms with van der Waals surface area (Å²) >= 11 is 5.91. The van der Waals surface area contributed by atoms with Gasteiger partial charge in [0.2, 0.25) is 0 Å². The Bertz CT molecular complexity index is 600. The van der Waals surface area contributed by atoms with Crippen LogP contribution >= 0.6 is 11.6 Å². The Morgan fingerprint density at radius 2 is 1.90 bits per heavy atom. The fraction of sp³-hybridized carbons (Fsp3) is 0.250. The number of para-hydroxylation sites is 1. The molecule has 0 aliphatic carbocycles. The molecule has 0 fully saturated rings. The van der Waals surface area contributed by atoms with Gasteiger partial charge in [-0.2, -0.15) is 0 Å². The van der Waals surface area contributed by atoms with Gasteiger partial charge in [-0.05, 0) is 30.3 Å². The first-order valence-corrected chi connectivity index (χ1v) is 6.98. The standard InChI is InChI=1S/C16H16ClNO2/c17-12-5-7-13(8-6-12)18-16(11-19)9-10-20-15-4-2-1-3-14(15)16/h1-8,18-19H,9-11H2. The summed E-state index contributed by atoms with van der Waals surface area (Å²) < 4.78 is 5.67. The molecule has 2 aromatic carbocycles. The van der Waals surface area contributed by atoms with Crippen LogP contribution in [0.25, 0.3) is 0 Å². The van der Waals surface area contributed by atoms with Crippen LogP contribution in [0.1, 0.15) is 12.0 Å². The summed E-state index contributed by atoms with van der Waals surface area (Å²) in [6.45, 7) is 0.591. The smallest absolute Gasteiger partial charge is 0.124 e. The van der Waals surface area contributed by atoms with Crippen molar-refractivity contribution in [3.8, 4) is 5.75 Å². The van der Waals surface area contributed by atoms with Crippen LogP contribution in [-0.2, 0) is 5.54 Å². The topological polar surface area (TPSA) is 41.5 Å². The third-order valence-corrected chi connectivity index (χ3v) is 3.94. The third-order valence-electron chi connectivity index (χ3n) is 3.69. The second-order valence-electron chi connectivity index (χ2n) is 4.97. The van der Waals surface area contributed by atoms with Crippen molar-refractivity contribution in [2.75, 3.05) is 18.5 Å². The van der Waals surface area contributed by atoms with Crippen LogP contribution < -0.4 is 10.1 Å². The van der Waals surface area contributed by atoms with Gasteiger partial charge in [-0.15, -0.1) is 0 Å². The SMILES string of the molecule is OCC1(Nc2ccc(Cl)cc2)CCOc2ccccc21. The number of hydrogen-bond acceptors (Lipinski definition) is 3. The monoisotopic (exact) mass is 289 g/mol. The Labute approximate surface area is 123 Å². The Balaban J connectivity index is 1.98. The zero-order valence-electron chi connectivity index (χ0n) is 11.0. The maximum Gasteiger partial charge on any atom is 0.124 e. The minimum atomic E-state index is -0.511. The van der Waals surface area contributed by atoms with Crippen LogP contribution in [0, 0.1) is 0 Å². The van der Waals surface area contributed by atoms with Crippen molar-refractivity contribution in [3.05, 3.63) is 59.1 Å². The average molecular weight is 290 g/mol. The van der Waals surface area contributed by atoms with E-state index in [1.54, 1.807) is 0 Å². The summed E-state index contributed by atoms with van der Waals surface area (Å²) in [5.41, 5.74) is 1.41. The molecule has 1 heterocycles. The first kappa shape index (κ1) is 13.3. The highest BCUT2D eigenvalue weighted by Gasteiger charge is 2.37. The number of rotatable bonds is 3. The summed E-state index contributed by atoms with van der Waals surface area (Å²) in [6.07, 6.45) is 0.711. The Kier molecular flexibility index (Phi) is 3.55. The van der Waals surface area contributed by atoms with E-state index in [4.69, 9.17) is 16.3 Å². The molecule has 20 heavy (non-hydrogen) atoms. The third kappa shape index (κ3) is 2.35. The molecule has 3 nitrogen and oxygen atoms in total. The summed E-state index contributed by atoms with van der Waals surface area (Å²) in [5, 5.41) is 14.1. The molecule has 0 saturated carbocycles. The summed E-state index contributed by atoms with van der Waals surface area (Å²) in [6, 6.07) is 15.3. The molecule has 0 aromatic heterocycles. The molecule has 0 saturated heterocycles. The van der Waals surface area contributed by atoms with Crippen molar-refractivity contribution < 1.29 is 9.84 Å². The summed E-state index contributed by atoms with van der Waals surface area (Å²) in [5.74, 6) is 0.828. The van der Waals surface area contributed by atoms with Crippen molar-refractivity contribution in [3.63, 3.8) is 0 Å². The number of nitrogens with one attached hydrogen (secondary N) is 1. The number of aliphatic hydroxyl groups is 1. The predicted molar refractivity (Wildman–Crippen MR) is 80.4 cm³/mol. The zero-order valence-corrected chi connectivity index (χ0v) is 11.7. The van der Waals surface area contributed by atoms with Crippen LogP contribution in [0.4, 0.5) is 5.69 Å². The van der Waals surface area contributed by atoms with Crippen LogP contribution in [0.3, 0.4) is 0 Å². The maximum atomic E-state index is 9.96. The first-order chi connectivity index (χ1) is 9.73. The molecule has 0 bridgehead atoms. The van der Waals surface area contributed by atoms with Gasteiger partial charge in [0.25, 0.3) is 0 Å². The van der Waals surface area contributed by atoms with Gasteiger partial charge in [-0.25, -0.2) is 0 Å². The number of hydrogen-bond donors (Lipinski definition) is 2. The van der Waals surface area contributed by atoms with Crippen molar-refractivity contribution in [1.29, 1.82) is 0 Å². The number of anilines is 1. The minimum absolute atomic E-state index is 0.00992. The van der Waals surface area contributed by atoms with Gasteiger partial charge in [-0.1, -0.05) is 29.8 Å². The second kappa shape index (κ2) is 5.35. The van der Waals surface area contributed by atoms with Gasteiger partial charge in [0.15, 0.2) is 0 Å². The van der Waals surface area contributed by atoms with Gasteiger partial charge in [0, 0.05) is 22.7 Å². The highest BCUT2D eigenvalue weighted by molar-refractivity contribution is 6.30. The fourth-order valence-corrected chi connectivity index (χ4v) is 2.73. The van der Waals surface area contributed by atoms with E-state index in [9.17, 15) is 5.11 Å². The normalized spacial score (nSPS) is 20.9. The summed E-state index contributed by atoms with van der Waals surface area (Å²) in [4.78, 5) is 0. The molecule has 0 spiro atoms. The number of halogens is 1.